The molecule has 2 aliphatic rings. The summed E-state index contributed by atoms with van der Waals surface area (Å²) in [7, 11) is 0. The molecule has 5 nitrogen and oxygen atoms in total. The summed E-state index contributed by atoms with van der Waals surface area (Å²) < 4.78 is 0. The molecule has 1 unspecified atom stereocenters. The largest absolute Gasteiger partial charge is 0.357 e. The molecule has 4 rings (SSSR count). The van der Waals surface area contributed by atoms with Crippen molar-refractivity contribution in [2.75, 3.05) is 31.1 Å². The Bertz CT molecular complexity index is 697. The minimum atomic E-state index is 0.124. The van der Waals surface area contributed by atoms with Crippen LogP contribution >= 0.6 is 11.3 Å². The Morgan fingerprint density at radius 1 is 1.12 bits per heavy atom. The molecule has 0 radical (unpaired) electrons. The van der Waals surface area contributed by atoms with Crippen LogP contribution in [0.25, 0.3) is 0 Å². The third-order valence-electron chi connectivity index (χ3n) is 4.93. The molecule has 2 saturated heterocycles. The molecule has 1 amide bonds. The zero-order valence-electron chi connectivity index (χ0n) is 13.7. The lowest BCUT2D eigenvalue weighted by atomic mass is 9.98. The molecular weight excluding hydrogens is 320 g/mol. The topological polar surface area (TPSA) is 49.3 Å². The monoisotopic (exact) mass is 342 g/mol. The first-order valence-electron chi connectivity index (χ1n) is 8.71. The van der Waals surface area contributed by atoms with E-state index in [0.29, 0.717) is 5.92 Å². The summed E-state index contributed by atoms with van der Waals surface area (Å²) >= 11 is 1.69. The van der Waals surface area contributed by atoms with Gasteiger partial charge in [0, 0.05) is 55.4 Å². The number of pyridine rings is 1. The Balaban J connectivity index is 1.49. The van der Waals surface area contributed by atoms with Gasteiger partial charge in [-0.15, -0.1) is 11.3 Å². The second kappa shape index (κ2) is 6.89. The molecule has 2 aromatic rings. The van der Waals surface area contributed by atoms with Gasteiger partial charge < -0.3 is 9.80 Å². The van der Waals surface area contributed by atoms with E-state index in [-0.39, 0.29) is 5.91 Å². The van der Waals surface area contributed by atoms with Gasteiger partial charge in [0.15, 0.2) is 0 Å². The molecule has 1 atom stereocenters. The summed E-state index contributed by atoms with van der Waals surface area (Å²) in [4.78, 5) is 26.1. The van der Waals surface area contributed by atoms with E-state index in [1.54, 1.807) is 17.5 Å². The van der Waals surface area contributed by atoms with Crippen LogP contribution in [0, 0.1) is 0 Å². The number of aromatic nitrogens is 2. The average Bonchev–Trinajstić information content (AvgIpc) is 3.35. The second-order valence-electron chi connectivity index (χ2n) is 6.56. The predicted octanol–water partition coefficient (Wildman–Crippen LogP) is 3.16. The van der Waals surface area contributed by atoms with Crippen molar-refractivity contribution in [2.24, 2.45) is 0 Å². The fourth-order valence-electron chi connectivity index (χ4n) is 3.65. The van der Waals surface area contributed by atoms with Gasteiger partial charge in [-0.25, -0.2) is 9.97 Å². The average molecular weight is 342 g/mol. The number of rotatable bonds is 3. The number of carbonyl (C=O) groups is 1. The van der Waals surface area contributed by atoms with Crippen molar-refractivity contribution in [3.8, 4) is 0 Å². The molecule has 0 saturated carbocycles. The van der Waals surface area contributed by atoms with Crippen LogP contribution in [0.15, 0.2) is 29.9 Å². The van der Waals surface area contributed by atoms with Gasteiger partial charge in [-0.3, -0.25) is 4.79 Å². The van der Waals surface area contributed by atoms with Crippen LogP contribution in [-0.2, 0) is 0 Å². The molecular formula is C18H22N4OS. The van der Waals surface area contributed by atoms with Crippen LogP contribution in [0.4, 0.5) is 5.82 Å². The summed E-state index contributed by atoms with van der Waals surface area (Å²) in [6, 6.07) is 3.80. The van der Waals surface area contributed by atoms with Gasteiger partial charge in [0.05, 0.1) is 5.01 Å². The van der Waals surface area contributed by atoms with Crippen LogP contribution in [-0.4, -0.2) is 47.0 Å². The molecule has 0 aromatic carbocycles. The molecule has 0 bridgehead atoms. The Labute approximate surface area is 146 Å². The van der Waals surface area contributed by atoms with E-state index >= 15 is 0 Å². The first kappa shape index (κ1) is 15.6. The van der Waals surface area contributed by atoms with E-state index in [1.165, 1.54) is 12.8 Å². The second-order valence-corrected chi connectivity index (χ2v) is 7.48. The lowest BCUT2D eigenvalue weighted by molar-refractivity contribution is 0.0707. The maximum Gasteiger partial charge on any atom is 0.254 e. The maximum absolute atomic E-state index is 12.9. The molecule has 126 valence electrons. The quantitative estimate of drug-likeness (QED) is 0.860. The molecule has 2 fully saturated rings. The third-order valence-corrected chi connectivity index (χ3v) is 5.87. The number of hydrogen-bond donors (Lipinski definition) is 0. The molecule has 0 N–H and O–H groups in total. The smallest absolute Gasteiger partial charge is 0.254 e. The van der Waals surface area contributed by atoms with E-state index in [2.05, 4.69) is 14.9 Å². The zero-order valence-corrected chi connectivity index (χ0v) is 14.5. The molecule has 4 heterocycles. The van der Waals surface area contributed by atoms with E-state index in [9.17, 15) is 4.79 Å². The Morgan fingerprint density at radius 2 is 2.00 bits per heavy atom. The molecule has 6 heteroatoms. The summed E-state index contributed by atoms with van der Waals surface area (Å²) in [6.07, 6.45) is 8.20. The van der Waals surface area contributed by atoms with Crippen molar-refractivity contribution in [1.29, 1.82) is 0 Å². The highest BCUT2D eigenvalue weighted by Gasteiger charge is 2.27. The number of piperidine rings is 1. The number of thiazole rings is 1. The van der Waals surface area contributed by atoms with E-state index in [1.807, 2.05) is 28.6 Å². The molecule has 24 heavy (non-hydrogen) atoms. The summed E-state index contributed by atoms with van der Waals surface area (Å²) in [5.74, 6) is 1.44. The van der Waals surface area contributed by atoms with Gasteiger partial charge in [-0.05, 0) is 37.8 Å². The van der Waals surface area contributed by atoms with Gasteiger partial charge in [-0.2, -0.15) is 0 Å². The lowest BCUT2D eigenvalue weighted by Crippen LogP contribution is -2.39. The highest BCUT2D eigenvalue weighted by Crippen LogP contribution is 2.29. The third kappa shape index (κ3) is 3.15. The van der Waals surface area contributed by atoms with Crippen molar-refractivity contribution < 1.29 is 4.79 Å². The molecule has 2 aromatic heterocycles. The van der Waals surface area contributed by atoms with Crippen LogP contribution in [0.2, 0.25) is 0 Å². The summed E-state index contributed by atoms with van der Waals surface area (Å²) in [5.41, 5.74) is 0.756. The van der Waals surface area contributed by atoms with Crippen molar-refractivity contribution in [1.82, 2.24) is 14.9 Å². The fraction of sp³-hybridized carbons (Fsp3) is 0.500. The molecule has 2 aliphatic heterocycles. The number of hydrogen-bond acceptors (Lipinski definition) is 5. The minimum Gasteiger partial charge on any atom is -0.357 e. The van der Waals surface area contributed by atoms with Crippen molar-refractivity contribution >= 4 is 23.1 Å². The Kier molecular flexibility index (Phi) is 4.47. The van der Waals surface area contributed by atoms with Gasteiger partial charge >= 0.3 is 0 Å². The number of likely N-dealkylation sites (tertiary alicyclic amines) is 1. The molecule has 0 aliphatic carbocycles. The number of nitrogens with zero attached hydrogens (tertiary/aromatic N) is 4. The van der Waals surface area contributed by atoms with Crippen LogP contribution < -0.4 is 4.90 Å². The van der Waals surface area contributed by atoms with Gasteiger partial charge in [-0.1, -0.05) is 0 Å². The SMILES string of the molecule is O=C(c1ccnc(N2CCCC2)c1)N1CCCC(c2nccs2)C1. The first-order chi connectivity index (χ1) is 11.8. The number of amides is 1. The highest BCUT2D eigenvalue weighted by atomic mass is 32.1. The first-order valence-corrected chi connectivity index (χ1v) is 9.59. The summed E-state index contributed by atoms with van der Waals surface area (Å²) in [5, 5.41) is 3.17. The lowest BCUT2D eigenvalue weighted by Gasteiger charge is -2.32. The van der Waals surface area contributed by atoms with E-state index < -0.39 is 0 Å². The van der Waals surface area contributed by atoms with Crippen molar-refractivity contribution in [3.63, 3.8) is 0 Å². The fourth-order valence-corrected chi connectivity index (χ4v) is 4.42. The van der Waals surface area contributed by atoms with E-state index in [0.717, 1.165) is 55.4 Å². The molecule has 0 spiro atoms. The highest BCUT2D eigenvalue weighted by molar-refractivity contribution is 7.09. The van der Waals surface area contributed by atoms with Crippen molar-refractivity contribution in [3.05, 3.63) is 40.5 Å². The van der Waals surface area contributed by atoms with Gasteiger partial charge in [0.2, 0.25) is 0 Å². The number of anilines is 1. The summed E-state index contributed by atoms with van der Waals surface area (Å²) in [6.45, 7) is 3.69. The van der Waals surface area contributed by atoms with Crippen LogP contribution in [0.3, 0.4) is 0 Å². The predicted molar refractivity (Wildman–Crippen MR) is 95.7 cm³/mol. The zero-order chi connectivity index (χ0) is 16.4. The van der Waals surface area contributed by atoms with Gasteiger partial charge in [0.1, 0.15) is 5.82 Å². The van der Waals surface area contributed by atoms with E-state index in [4.69, 9.17) is 0 Å². The maximum atomic E-state index is 12.9. The Morgan fingerprint density at radius 3 is 2.79 bits per heavy atom. The van der Waals surface area contributed by atoms with Crippen LogP contribution in [0.1, 0.15) is 47.0 Å². The van der Waals surface area contributed by atoms with Gasteiger partial charge in [0.25, 0.3) is 5.91 Å². The minimum absolute atomic E-state index is 0.124. The Hall–Kier alpha value is -1.95. The normalized spacial score (nSPS) is 21.2. The standard InChI is InChI=1S/C18H22N4OS/c23-18(14-5-6-19-16(12-14)21-8-1-2-9-21)22-10-3-4-15(13-22)17-20-7-11-24-17/h5-7,11-12,15H,1-4,8-10,13H2. The van der Waals surface area contributed by atoms with Crippen LogP contribution in [0.5, 0.6) is 0 Å². The van der Waals surface area contributed by atoms with Crippen molar-refractivity contribution in [2.45, 2.75) is 31.6 Å². The number of carbonyl (C=O) groups excluding carboxylic acids is 1.